The molecule has 0 aliphatic heterocycles. The minimum absolute atomic E-state index is 0.0241. The quantitative estimate of drug-likeness (QED) is 0.0261. The standard InChI is InChI=1S/C49H55FN8O16/c50-38-18-14-32(26-52-38)43(66)54-34(16-20-40(61)62)46(69)55-33(15-19-39(59)60)44(67)53-25-27-8-12-30(13-9-27)42(65)56-37(24-28-10-11-29-5-1-2-6-31(29)23-28)45(68)51-22-4-3-7-35(47(70)71)57-49(74)58-36(48(72)73)17-21-41(63)64/h1-2,5-6,8-14,18,23,26,33-37H,3-4,7,15-17,19-22,24-25H2,(H,51,68)(H,53,67)(H,54,66)(H,55,69)(H,56,65)(H,59,60)(H,61,62)(H,63,64)(H,70,71)(H,72,73)(H2,57,58,74)/t33?,34?,35?,36-,37?/m0/s1/i50-1. The van der Waals surface area contributed by atoms with Crippen molar-refractivity contribution < 1.29 is 82.7 Å². The number of aliphatic carboxylic acids is 5. The predicted molar refractivity (Wildman–Crippen MR) is 257 cm³/mol. The second kappa shape index (κ2) is 28.7. The van der Waals surface area contributed by atoms with Gasteiger partial charge in [0.05, 0.1) is 5.56 Å². The van der Waals surface area contributed by atoms with E-state index in [1.54, 1.807) is 6.07 Å². The molecule has 4 rings (SSSR count). The number of fused-ring (bicyclic) bond motifs is 1. The normalized spacial score (nSPS) is 12.8. The van der Waals surface area contributed by atoms with Gasteiger partial charge >= 0.3 is 35.9 Å². The molecule has 0 aliphatic rings. The van der Waals surface area contributed by atoms with Crippen LogP contribution in [-0.2, 0) is 51.3 Å². The summed E-state index contributed by atoms with van der Waals surface area (Å²) in [6, 6.07) is 12.6. The summed E-state index contributed by atoms with van der Waals surface area (Å²) in [4.78, 5) is 140. The molecule has 5 atom stereocenters. The van der Waals surface area contributed by atoms with Crippen LogP contribution >= 0.6 is 0 Å². The number of carboxylic acids is 5. The van der Waals surface area contributed by atoms with Gasteiger partial charge < -0.3 is 62.8 Å². The molecule has 24 nitrogen and oxygen atoms in total. The van der Waals surface area contributed by atoms with Crippen molar-refractivity contribution in [1.29, 1.82) is 0 Å². The molecule has 12 N–H and O–H groups in total. The Bertz CT molecular complexity index is 2690. The lowest BCUT2D eigenvalue weighted by Gasteiger charge is -2.23. The van der Waals surface area contributed by atoms with Crippen LogP contribution in [0, 0.1) is 5.95 Å². The van der Waals surface area contributed by atoms with Crippen molar-refractivity contribution in [1.82, 2.24) is 42.2 Å². The van der Waals surface area contributed by atoms with Crippen LogP contribution < -0.4 is 37.2 Å². The molecule has 1 heterocycles. The number of halogens is 1. The van der Waals surface area contributed by atoms with E-state index in [1.807, 2.05) is 41.7 Å². The van der Waals surface area contributed by atoms with Gasteiger partial charge in [-0.3, -0.25) is 38.4 Å². The van der Waals surface area contributed by atoms with Gasteiger partial charge in [0.1, 0.15) is 30.2 Å². The van der Waals surface area contributed by atoms with Gasteiger partial charge in [-0.05, 0) is 84.7 Å². The molecule has 0 spiro atoms. The van der Waals surface area contributed by atoms with E-state index < -0.39 is 140 Å². The number of hydrogen-bond donors (Lipinski definition) is 12. The maximum absolute atomic E-state index is 13.7. The van der Waals surface area contributed by atoms with Gasteiger partial charge in [-0.25, -0.2) is 19.4 Å². The lowest BCUT2D eigenvalue weighted by molar-refractivity contribution is -0.141. The van der Waals surface area contributed by atoms with Gasteiger partial charge in [0.2, 0.25) is 23.7 Å². The van der Waals surface area contributed by atoms with E-state index in [0.29, 0.717) is 11.1 Å². The lowest BCUT2D eigenvalue weighted by atomic mass is 10.0. The minimum atomic E-state index is -1.58. The predicted octanol–water partition coefficient (Wildman–Crippen LogP) is 1.70. The third kappa shape index (κ3) is 19.6. The largest absolute Gasteiger partial charge is 0.481 e. The van der Waals surface area contributed by atoms with Crippen LogP contribution in [0.15, 0.2) is 85.1 Å². The Labute approximate surface area is 420 Å². The second-order valence-electron chi connectivity index (χ2n) is 16.8. The summed E-state index contributed by atoms with van der Waals surface area (Å²) in [6.45, 7) is -0.156. The van der Waals surface area contributed by atoms with E-state index in [-0.39, 0.29) is 49.9 Å². The molecule has 0 saturated heterocycles. The first-order valence-corrected chi connectivity index (χ1v) is 23.0. The number of nitrogens with one attached hydrogen (secondary N) is 7. The van der Waals surface area contributed by atoms with Crippen LogP contribution in [0.5, 0.6) is 0 Å². The Kier molecular flexibility index (Phi) is 22.3. The molecule has 0 bridgehead atoms. The fourth-order valence-electron chi connectivity index (χ4n) is 7.18. The molecule has 74 heavy (non-hydrogen) atoms. The van der Waals surface area contributed by atoms with Gasteiger partial charge in [0, 0.05) is 50.5 Å². The van der Waals surface area contributed by atoms with Crippen LogP contribution in [0.3, 0.4) is 0 Å². The number of carbonyl (C=O) groups is 11. The van der Waals surface area contributed by atoms with E-state index in [0.717, 1.165) is 29.1 Å². The van der Waals surface area contributed by atoms with Crippen molar-refractivity contribution in [3.63, 3.8) is 0 Å². The summed E-state index contributed by atoms with van der Waals surface area (Å²) in [7, 11) is 0. The number of rotatable bonds is 30. The number of nitrogens with zero attached hydrogens (tertiary/aromatic N) is 1. The Morgan fingerprint density at radius 2 is 1.00 bits per heavy atom. The first-order chi connectivity index (χ1) is 35.2. The fourth-order valence-corrected chi connectivity index (χ4v) is 7.18. The van der Waals surface area contributed by atoms with E-state index in [4.69, 9.17) is 5.11 Å². The van der Waals surface area contributed by atoms with Crippen molar-refractivity contribution >= 4 is 76.2 Å². The van der Waals surface area contributed by atoms with Crippen molar-refractivity contribution in [2.24, 2.45) is 0 Å². The summed E-state index contributed by atoms with van der Waals surface area (Å²) in [5.41, 5.74) is 1.12. The number of urea groups is 1. The molecule has 0 radical (unpaired) electrons. The van der Waals surface area contributed by atoms with Gasteiger partial charge in [0.15, 0.2) is 0 Å². The highest BCUT2D eigenvalue weighted by atomic mass is 18.2. The van der Waals surface area contributed by atoms with Crippen molar-refractivity contribution in [2.45, 2.75) is 101 Å². The van der Waals surface area contributed by atoms with E-state index >= 15 is 0 Å². The van der Waals surface area contributed by atoms with Crippen molar-refractivity contribution in [3.8, 4) is 0 Å². The van der Waals surface area contributed by atoms with Crippen LogP contribution in [0.4, 0.5) is 9.18 Å². The molecule has 0 saturated carbocycles. The topological polar surface area (TPSA) is 386 Å². The smallest absolute Gasteiger partial charge is 0.326 e. The number of pyridine rings is 1. The van der Waals surface area contributed by atoms with Gasteiger partial charge in [-0.15, -0.1) is 0 Å². The maximum Gasteiger partial charge on any atom is 0.326 e. The molecular formula is C49H55FN8O16. The van der Waals surface area contributed by atoms with E-state index in [9.17, 15) is 77.6 Å². The highest BCUT2D eigenvalue weighted by Gasteiger charge is 2.29. The number of carbonyl (C=O) groups excluding carboxylic acids is 6. The highest BCUT2D eigenvalue weighted by molar-refractivity contribution is 5.99. The fraction of sp³-hybridized carbons (Fsp3) is 0.347. The molecule has 4 aromatic rings. The van der Waals surface area contributed by atoms with Crippen LogP contribution in [-0.4, -0.2) is 133 Å². The van der Waals surface area contributed by atoms with E-state index in [2.05, 4.69) is 36.9 Å². The average molecular weight is 1030 g/mol. The minimum Gasteiger partial charge on any atom is -0.481 e. The summed E-state index contributed by atoms with van der Waals surface area (Å²) < 4.78 is 13.3. The third-order valence-corrected chi connectivity index (χ3v) is 11.2. The SMILES string of the molecule is O=C(O)CCC(NC(=O)c1ccc([18F])nc1)C(=O)NC(CCC(=O)O)C(=O)NCc1ccc(C(=O)NC(Cc2ccc3ccccc3c2)C(=O)NCCCCC(NC(=O)N[C@@H](CCC(=O)O)C(=O)O)C(=O)O)cc1. The highest BCUT2D eigenvalue weighted by Crippen LogP contribution is 2.18. The first-order valence-electron chi connectivity index (χ1n) is 23.0. The zero-order valence-corrected chi connectivity index (χ0v) is 39.5. The first kappa shape index (κ1) is 57.5. The number of benzene rings is 3. The third-order valence-electron chi connectivity index (χ3n) is 11.2. The van der Waals surface area contributed by atoms with Crippen molar-refractivity contribution in [2.75, 3.05) is 6.54 Å². The average Bonchev–Trinajstić information content (AvgIpc) is 3.35. The molecule has 0 aliphatic carbocycles. The number of hydrogen-bond acceptors (Lipinski definition) is 12. The number of amides is 7. The summed E-state index contributed by atoms with van der Waals surface area (Å²) >= 11 is 0. The maximum atomic E-state index is 13.7. The number of aromatic nitrogens is 1. The Hall–Kier alpha value is -9.03. The van der Waals surface area contributed by atoms with Gasteiger partial charge in [-0.1, -0.05) is 54.6 Å². The van der Waals surface area contributed by atoms with Gasteiger partial charge in [0.25, 0.3) is 11.8 Å². The van der Waals surface area contributed by atoms with Crippen LogP contribution in [0.1, 0.15) is 89.6 Å². The Balaban J connectivity index is 1.38. The molecule has 4 unspecified atom stereocenters. The molecule has 394 valence electrons. The molecule has 7 amide bonds. The summed E-state index contributed by atoms with van der Waals surface area (Å²) in [6.07, 6.45) is -1.76. The Morgan fingerprint density at radius 1 is 0.486 bits per heavy atom. The number of carboxylic acid groups (broad SMARTS) is 5. The number of unbranched alkanes of at least 4 members (excludes halogenated alkanes) is 1. The zero-order chi connectivity index (χ0) is 54.3. The molecule has 1 aromatic heterocycles. The molecule has 3 aromatic carbocycles. The van der Waals surface area contributed by atoms with E-state index in [1.165, 1.54) is 24.3 Å². The second-order valence-corrected chi connectivity index (χ2v) is 16.8. The molecule has 25 heteroatoms. The monoisotopic (exact) mass is 1030 g/mol. The van der Waals surface area contributed by atoms with Crippen LogP contribution in [0.2, 0.25) is 0 Å². The van der Waals surface area contributed by atoms with Gasteiger partial charge in [-0.2, -0.15) is 4.39 Å². The molecule has 0 fully saturated rings. The zero-order valence-electron chi connectivity index (χ0n) is 39.5. The van der Waals surface area contributed by atoms with Crippen molar-refractivity contribution in [3.05, 3.63) is 113 Å². The van der Waals surface area contributed by atoms with Crippen LogP contribution in [0.25, 0.3) is 10.8 Å². The summed E-state index contributed by atoms with van der Waals surface area (Å²) in [5, 5.41) is 65.2. The Morgan fingerprint density at radius 3 is 1.58 bits per heavy atom. The molecular weight excluding hydrogens is 975 g/mol. The summed E-state index contributed by atoms with van der Waals surface area (Å²) in [5.74, 6) is -11.7. The lowest BCUT2D eigenvalue weighted by Crippen LogP contribution is -2.53.